The van der Waals surface area contributed by atoms with Crippen LogP contribution in [-0.2, 0) is 13.0 Å². The smallest absolute Gasteiger partial charge is 0.138 e. The lowest BCUT2D eigenvalue weighted by atomic mass is 10.0. The quantitative estimate of drug-likeness (QED) is 0.893. The summed E-state index contributed by atoms with van der Waals surface area (Å²) >= 11 is 0. The van der Waals surface area contributed by atoms with E-state index in [1.807, 2.05) is 32.0 Å². The maximum atomic E-state index is 10.3. The van der Waals surface area contributed by atoms with Crippen molar-refractivity contribution in [3.63, 3.8) is 0 Å². The number of hydrogen-bond acceptors (Lipinski definition) is 4. The second kappa shape index (κ2) is 5.84. The molecule has 1 atom stereocenters. The van der Waals surface area contributed by atoms with Crippen LogP contribution in [0.4, 0.5) is 0 Å². The van der Waals surface area contributed by atoms with Gasteiger partial charge >= 0.3 is 0 Å². The maximum Gasteiger partial charge on any atom is 0.138 e. The van der Waals surface area contributed by atoms with Gasteiger partial charge < -0.3 is 9.84 Å². The molecule has 0 aliphatic carbocycles. The minimum Gasteiger partial charge on any atom is -0.496 e. The van der Waals surface area contributed by atoms with Crippen LogP contribution in [0.25, 0.3) is 0 Å². The van der Waals surface area contributed by atoms with E-state index < -0.39 is 6.10 Å². The summed E-state index contributed by atoms with van der Waals surface area (Å²) in [5.41, 5.74) is 1.87. The molecule has 1 aromatic heterocycles. The molecule has 1 N–H and O–H groups in total. The summed E-state index contributed by atoms with van der Waals surface area (Å²) in [4.78, 5) is 4.18. The number of ether oxygens (including phenoxy) is 1. The molecule has 5 nitrogen and oxygen atoms in total. The monoisotopic (exact) mass is 261 g/mol. The van der Waals surface area contributed by atoms with Crippen LogP contribution in [0.1, 0.15) is 30.0 Å². The van der Waals surface area contributed by atoms with Gasteiger partial charge in [-0.3, -0.25) is 4.68 Å². The van der Waals surface area contributed by atoms with Gasteiger partial charge in [-0.15, -0.1) is 0 Å². The predicted molar refractivity (Wildman–Crippen MR) is 72.1 cm³/mol. The minimum absolute atomic E-state index is 0.458. The van der Waals surface area contributed by atoms with Gasteiger partial charge in [-0.25, -0.2) is 4.98 Å². The molecule has 0 amide bonds. The van der Waals surface area contributed by atoms with E-state index in [0.717, 1.165) is 29.2 Å². The van der Waals surface area contributed by atoms with E-state index in [9.17, 15) is 5.11 Å². The highest BCUT2D eigenvalue weighted by atomic mass is 16.5. The van der Waals surface area contributed by atoms with E-state index in [-0.39, 0.29) is 0 Å². The molecule has 0 spiro atoms. The average Bonchev–Trinajstić information content (AvgIpc) is 2.85. The van der Waals surface area contributed by atoms with Gasteiger partial charge in [0.05, 0.1) is 13.2 Å². The fourth-order valence-electron chi connectivity index (χ4n) is 2.11. The SMILES string of the molecule is CCn1ncnc1CC(O)c1ccc(OC)c(C)c1. The molecule has 0 aliphatic rings. The Morgan fingerprint density at radius 2 is 2.21 bits per heavy atom. The molecule has 1 aromatic carbocycles. The number of aliphatic hydroxyl groups is 1. The molecule has 0 fully saturated rings. The van der Waals surface area contributed by atoms with Gasteiger partial charge in [0, 0.05) is 13.0 Å². The number of methoxy groups -OCH3 is 1. The number of aromatic nitrogens is 3. The van der Waals surface area contributed by atoms with Crippen molar-refractivity contribution in [1.82, 2.24) is 14.8 Å². The molecule has 1 unspecified atom stereocenters. The molecule has 1 heterocycles. The number of hydrogen-bond donors (Lipinski definition) is 1. The van der Waals surface area contributed by atoms with E-state index in [0.29, 0.717) is 6.42 Å². The zero-order valence-electron chi connectivity index (χ0n) is 11.5. The third kappa shape index (κ3) is 2.93. The molecule has 0 radical (unpaired) electrons. The van der Waals surface area contributed by atoms with E-state index in [1.165, 1.54) is 6.33 Å². The van der Waals surface area contributed by atoms with Crippen molar-refractivity contribution in [2.75, 3.05) is 7.11 Å². The Labute approximate surface area is 112 Å². The molecule has 0 saturated heterocycles. The standard InChI is InChI=1S/C14H19N3O2/c1-4-17-14(15-9-16-17)8-12(18)11-5-6-13(19-3)10(2)7-11/h5-7,9,12,18H,4,8H2,1-3H3. The molecular formula is C14H19N3O2. The number of nitrogens with zero attached hydrogens (tertiary/aromatic N) is 3. The largest absolute Gasteiger partial charge is 0.496 e. The lowest BCUT2D eigenvalue weighted by Gasteiger charge is -2.13. The van der Waals surface area contributed by atoms with Gasteiger partial charge in [0.15, 0.2) is 0 Å². The van der Waals surface area contributed by atoms with E-state index >= 15 is 0 Å². The fourth-order valence-corrected chi connectivity index (χ4v) is 2.11. The van der Waals surface area contributed by atoms with E-state index in [1.54, 1.807) is 11.8 Å². The van der Waals surface area contributed by atoms with Crippen LogP contribution < -0.4 is 4.74 Å². The molecule has 0 aliphatic heterocycles. The zero-order valence-corrected chi connectivity index (χ0v) is 11.5. The Bertz CT molecular complexity index is 551. The highest BCUT2D eigenvalue weighted by Crippen LogP contribution is 2.24. The summed E-state index contributed by atoms with van der Waals surface area (Å²) in [7, 11) is 1.64. The summed E-state index contributed by atoms with van der Waals surface area (Å²) in [6.45, 7) is 4.72. The summed E-state index contributed by atoms with van der Waals surface area (Å²) < 4.78 is 7.01. The van der Waals surface area contributed by atoms with Crippen LogP contribution in [0.5, 0.6) is 5.75 Å². The number of aliphatic hydroxyl groups excluding tert-OH is 1. The molecule has 0 saturated carbocycles. The summed E-state index contributed by atoms with van der Waals surface area (Å²) in [6, 6.07) is 5.69. The molecular weight excluding hydrogens is 242 g/mol. The average molecular weight is 261 g/mol. The van der Waals surface area contributed by atoms with Crippen LogP contribution in [0.15, 0.2) is 24.5 Å². The molecule has 5 heteroatoms. The van der Waals surface area contributed by atoms with Crippen molar-refractivity contribution in [1.29, 1.82) is 0 Å². The van der Waals surface area contributed by atoms with Crippen molar-refractivity contribution >= 4 is 0 Å². The first-order chi connectivity index (χ1) is 9.15. The maximum absolute atomic E-state index is 10.3. The first kappa shape index (κ1) is 13.5. The lowest BCUT2D eigenvalue weighted by Crippen LogP contribution is -2.09. The van der Waals surface area contributed by atoms with Gasteiger partial charge in [0.1, 0.15) is 17.9 Å². The summed E-state index contributed by atoms with van der Waals surface area (Å²) in [5.74, 6) is 1.62. The minimum atomic E-state index is -0.584. The van der Waals surface area contributed by atoms with Crippen molar-refractivity contribution in [2.45, 2.75) is 32.9 Å². The van der Waals surface area contributed by atoms with Crippen molar-refractivity contribution < 1.29 is 9.84 Å². The Kier molecular flexibility index (Phi) is 4.16. The second-order valence-corrected chi connectivity index (χ2v) is 4.44. The fraction of sp³-hybridized carbons (Fsp3) is 0.429. The highest BCUT2D eigenvalue weighted by Gasteiger charge is 2.13. The van der Waals surface area contributed by atoms with Gasteiger partial charge in [0.25, 0.3) is 0 Å². The summed E-state index contributed by atoms with van der Waals surface area (Å²) in [5, 5.41) is 14.4. The highest BCUT2D eigenvalue weighted by molar-refractivity contribution is 5.37. The summed E-state index contributed by atoms with van der Waals surface area (Å²) in [6.07, 6.45) is 1.39. The van der Waals surface area contributed by atoms with Crippen molar-refractivity contribution in [3.05, 3.63) is 41.5 Å². The molecule has 2 aromatic rings. The number of aryl methyl sites for hydroxylation is 2. The normalized spacial score (nSPS) is 12.4. The first-order valence-electron chi connectivity index (χ1n) is 6.35. The third-order valence-corrected chi connectivity index (χ3v) is 3.17. The molecule has 19 heavy (non-hydrogen) atoms. The molecule has 102 valence electrons. The van der Waals surface area contributed by atoms with Crippen LogP contribution >= 0.6 is 0 Å². The molecule has 0 bridgehead atoms. The van der Waals surface area contributed by atoms with Gasteiger partial charge in [-0.05, 0) is 37.1 Å². The Balaban J connectivity index is 2.16. The van der Waals surface area contributed by atoms with Crippen molar-refractivity contribution in [3.8, 4) is 5.75 Å². The van der Waals surface area contributed by atoms with Crippen molar-refractivity contribution in [2.24, 2.45) is 0 Å². The zero-order chi connectivity index (χ0) is 13.8. The van der Waals surface area contributed by atoms with E-state index in [4.69, 9.17) is 4.74 Å². The first-order valence-corrected chi connectivity index (χ1v) is 6.35. The van der Waals surface area contributed by atoms with Gasteiger partial charge in [-0.2, -0.15) is 5.10 Å². The van der Waals surface area contributed by atoms with E-state index in [2.05, 4.69) is 10.1 Å². The van der Waals surface area contributed by atoms with Crippen LogP contribution in [-0.4, -0.2) is 27.0 Å². The van der Waals surface area contributed by atoms with Crippen LogP contribution in [0.2, 0.25) is 0 Å². The van der Waals surface area contributed by atoms with Crippen LogP contribution in [0.3, 0.4) is 0 Å². The number of rotatable bonds is 5. The van der Waals surface area contributed by atoms with Crippen LogP contribution in [0, 0.1) is 6.92 Å². The van der Waals surface area contributed by atoms with Gasteiger partial charge in [0.2, 0.25) is 0 Å². The third-order valence-electron chi connectivity index (χ3n) is 3.17. The van der Waals surface area contributed by atoms with Gasteiger partial charge in [-0.1, -0.05) is 6.07 Å². The second-order valence-electron chi connectivity index (χ2n) is 4.44. The number of benzene rings is 1. The topological polar surface area (TPSA) is 60.2 Å². The lowest BCUT2D eigenvalue weighted by molar-refractivity contribution is 0.174. The Morgan fingerprint density at radius 3 is 2.84 bits per heavy atom. The Hall–Kier alpha value is -1.88. The Morgan fingerprint density at radius 1 is 1.42 bits per heavy atom. The molecule has 2 rings (SSSR count). The predicted octanol–water partition coefficient (Wildman–Crippen LogP) is 1.89.